The molecule has 2 unspecified atom stereocenters. The van der Waals surface area contributed by atoms with Gasteiger partial charge in [-0.3, -0.25) is 0 Å². The number of hydrogen-bond acceptors (Lipinski definition) is 2. The fourth-order valence-electron chi connectivity index (χ4n) is 2.16. The van der Waals surface area contributed by atoms with Crippen LogP contribution in [0.15, 0.2) is 42.5 Å². The summed E-state index contributed by atoms with van der Waals surface area (Å²) in [6.07, 6.45) is -1.11. The van der Waals surface area contributed by atoms with Gasteiger partial charge in [0.25, 0.3) is 0 Å². The Kier molecular flexibility index (Phi) is 4.70. The monoisotopic (exact) mass is 297 g/mol. The molecule has 20 heavy (non-hydrogen) atoms. The van der Waals surface area contributed by atoms with Gasteiger partial charge in [-0.05, 0) is 29.3 Å². The number of rotatable bonds is 4. The number of halogens is 3. The minimum atomic E-state index is -1.11. The van der Waals surface area contributed by atoms with Gasteiger partial charge < -0.3 is 10.8 Å². The van der Waals surface area contributed by atoms with E-state index < -0.39 is 23.7 Å². The molecular weight excluding hydrogens is 284 g/mol. The van der Waals surface area contributed by atoms with Crippen molar-refractivity contribution < 1.29 is 13.9 Å². The molecule has 0 aliphatic heterocycles. The highest BCUT2D eigenvalue weighted by Crippen LogP contribution is 2.35. The van der Waals surface area contributed by atoms with Gasteiger partial charge >= 0.3 is 0 Å². The average Bonchev–Trinajstić information content (AvgIpc) is 2.41. The van der Waals surface area contributed by atoms with Crippen molar-refractivity contribution in [2.45, 2.75) is 12.0 Å². The summed E-state index contributed by atoms with van der Waals surface area (Å²) in [6.45, 7) is 0.0375. The first kappa shape index (κ1) is 14.9. The van der Waals surface area contributed by atoms with Gasteiger partial charge in [0.15, 0.2) is 0 Å². The minimum Gasteiger partial charge on any atom is -0.388 e. The Balaban J connectivity index is 2.39. The predicted molar refractivity (Wildman–Crippen MR) is 74.6 cm³/mol. The van der Waals surface area contributed by atoms with E-state index in [0.29, 0.717) is 11.1 Å². The van der Waals surface area contributed by atoms with Crippen LogP contribution in [-0.4, -0.2) is 11.7 Å². The molecule has 0 heterocycles. The Hall–Kier alpha value is -1.49. The third-order valence-corrected chi connectivity index (χ3v) is 3.55. The van der Waals surface area contributed by atoms with Gasteiger partial charge in [-0.2, -0.15) is 0 Å². The van der Waals surface area contributed by atoms with Crippen molar-refractivity contribution in [3.8, 4) is 0 Å². The topological polar surface area (TPSA) is 46.2 Å². The summed E-state index contributed by atoms with van der Waals surface area (Å²) in [5.74, 6) is -1.60. The number of hydrogen-bond donors (Lipinski definition) is 2. The summed E-state index contributed by atoms with van der Waals surface area (Å²) in [5.41, 5.74) is 6.28. The summed E-state index contributed by atoms with van der Waals surface area (Å²) in [4.78, 5) is 0. The molecule has 0 bridgehead atoms. The summed E-state index contributed by atoms with van der Waals surface area (Å²) in [6, 6.07) is 9.77. The zero-order chi connectivity index (χ0) is 14.7. The molecule has 0 aromatic heterocycles. The molecule has 2 atom stereocenters. The molecule has 0 aliphatic rings. The van der Waals surface area contributed by atoms with Crippen LogP contribution in [0.25, 0.3) is 0 Å². The van der Waals surface area contributed by atoms with Crippen molar-refractivity contribution in [3.05, 3.63) is 70.2 Å². The Morgan fingerprint density at radius 1 is 1.10 bits per heavy atom. The van der Waals surface area contributed by atoms with Gasteiger partial charge in [-0.15, -0.1) is 0 Å². The highest BCUT2D eigenvalue weighted by Gasteiger charge is 2.25. The maximum atomic E-state index is 13.8. The fraction of sp³-hybridized carbons (Fsp3) is 0.200. The third-order valence-electron chi connectivity index (χ3n) is 3.22. The van der Waals surface area contributed by atoms with E-state index in [1.54, 1.807) is 18.2 Å². The predicted octanol–water partition coefficient (Wildman–Crippen LogP) is 3.39. The molecule has 2 aromatic rings. The molecule has 0 saturated heterocycles. The maximum absolute atomic E-state index is 13.8. The third kappa shape index (κ3) is 2.98. The lowest BCUT2D eigenvalue weighted by Gasteiger charge is -2.23. The first-order chi connectivity index (χ1) is 9.54. The Morgan fingerprint density at radius 2 is 1.80 bits per heavy atom. The second-order valence-corrected chi connectivity index (χ2v) is 4.88. The number of benzene rings is 2. The van der Waals surface area contributed by atoms with Crippen LogP contribution in [0.4, 0.5) is 8.78 Å². The fourth-order valence-corrected chi connectivity index (χ4v) is 2.44. The second-order valence-electron chi connectivity index (χ2n) is 4.47. The van der Waals surface area contributed by atoms with Crippen molar-refractivity contribution in [2.75, 3.05) is 6.54 Å². The quantitative estimate of drug-likeness (QED) is 0.908. The van der Waals surface area contributed by atoms with Crippen molar-refractivity contribution >= 4 is 11.6 Å². The van der Waals surface area contributed by atoms with Crippen LogP contribution < -0.4 is 5.73 Å². The van der Waals surface area contributed by atoms with Crippen LogP contribution >= 0.6 is 11.6 Å². The van der Waals surface area contributed by atoms with Crippen molar-refractivity contribution in [1.29, 1.82) is 0 Å². The molecule has 0 saturated carbocycles. The molecular formula is C15H14ClF2NO. The van der Waals surface area contributed by atoms with Crippen LogP contribution in [0.3, 0.4) is 0 Å². The molecule has 2 aromatic carbocycles. The number of aliphatic hydroxyl groups excluding tert-OH is 1. The molecule has 106 valence electrons. The highest BCUT2D eigenvalue weighted by atomic mass is 35.5. The van der Waals surface area contributed by atoms with Gasteiger partial charge in [-0.1, -0.05) is 35.9 Å². The van der Waals surface area contributed by atoms with E-state index in [1.807, 2.05) is 0 Å². The molecule has 3 N–H and O–H groups in total. The van der Waals surface area contributed by atoms with Crippen LogP contribution in [0.5, 0.6) is 0 Å². The van der Waals surface area contributed by atoms with Crippen LogP contribution in [-0.2, 0) is 0 Å². The molecule has 2 rings (SSSR count). The first-order valence-corrected chi connectivity index (χ1v) is 6.50. The summed E-state index contributed by atoms with van der Waals surface area (Å²) in [5, 5.41) is 10.5. The van der Waals surface area contributed by atoms with Gasteiger partial charge in [0.1, 0.15) is 11.6 Å². The van der Waals surface area contributed by atoms with E-state index in [9.17, 15) is 13.9 Å². The van der Waals surface area contributed by atoms with Crippen LogP contribution in [0, 0.1) is 11.6 Å². The number of aliphatic hydroxyl groups is 1. The highest BCUT2D eigenvalue weighted by molar-refractivity contribution is 6.31. The van der Waals surface area contributed by atoms with Gasteiger partial charge in [-0.25, -0.2) is 8.78 Å². The molecule has 0 spiro atoms. The van der Waals surface area contributed by atoms with Crippen molar-refractivity contribution in [3.63, 3.8) is 0 Å². The smallest absolute Gasteiger partial charge is 0.126 e. The largest absolute Gasteiger partial charge is 0.388 e. The maximum Gasteiger partial charge on any atom is 0.126 e. The van der Waals surface area contributed by atoms with Crippen molar-refractivity contribution in [1.82, 2.24) is 0 Å². The Bertz CT molecular complexity index is 606. The average molecular weight is 298 g/mol. The first-order valence-electron chi connectivity index (χ1n) is 6.12. The Labute approximate surface area is 120 Å². The van der Waals surface area contributed by atoms with E-state index in [1.165, 1.54) is 18.2 Å². The lowest BCUT2D eigenvalue weighted by molar-refractivity contribution is 0.145. The SMILES string of the molecule is NCC(c1ccccc1F)C(O)c1ccc(F)cc1Cl. The van der Waals surface area contributed by atoms with Gasteiger partial charge in [0.2, 0.25) is 0 Å². The normalized spacial score (nSPS) is 14.1. The van der Waals surface area contributed by atoms with Gasteiger partial charge in [0, 0.05) is 17.5 Å². The van der Waals surface area contributed by atoms with E-state index in [-0.39, 0.29) is 11.6 Å². The lowest BCUT2D eigenvalue weighted by Crippen LogP contribution is -2.21. The van der Waals surface area contributed by atoms with E-state index in [0.717, 1.165) is 6.07 Å². The van der Waals surface area contributed by atoms with E-state index in [4.69, 9.17) is 17.3 Å². The molecule has 5 heteroatoms. The summed E-state index contributed by atoms with van der Waals surface area (Å²) in [7, 11) is 0. The molecule has 0 amide bonds. The van der Waals surface area contributed by atoms with E-state index in [2.05, 4.69) is 0 Å². The molecule has 0 radical (unpaired) electrons. The second kappa shape index (κ2) is 6.31. The summed E-state index contributed by atoms with van der Waals surface area (Å²) < 4.78 is 26.8. The molecule has 0 fully saturated rings. The standard InChI is InChI=1S/C15H14ClF2NO/c16-13-7-9(17)5-6-11(13)15(20)12(8-19)10-3-1-2-4-14(10)18/h1-7,12,15,20H,8,19H2. The molecule has 2 nitrogen and oxygen atoms in total. The van der Waals surface area contributed by atoms with Crippen LogP contribution in [0.1, 0.15) is 23.1 Å². The Morgan fingerprint density at radius 3 is 2.40 bits per heavy atom. The zero-order valence-electron chi connectivity index (χ0n) is 10.6. The number of nitrogens with two attached hydrogens (primary N) is 1. The molecule has 0 aliphatic carbocycles. The lowest BCUT2D eigenvalue weighted by atomic mass is 9.89. The van der Waals surface area contributed by atoms with Crippen LogP contribution in [0.2, 0.25) is 5.02 Å². The summed E-state index contributed by atoms with van der Waals surface area (Å²) >= 11 is 5.92. The van der Waals surface area contributed by atoms with Gasteiger partial charge in [0.05, 0.1) is 6.10 Å². The van der Waals surface area contributed by atoms with Crippen molar-refractivity contribution in [2.24, 2.45) is 5.73 Å². The zero-order valence-corrected chi connectivity index (χ0v) is 11.3. The van der Waals surface area contributed by atoms with E-state index >= 15 is 0 Å². The minimum absolute atomic E-state index is 0.0375.